The first-order valence-corrected chi connectivity index (χ1v) is 7.98. The number of hydrogen-bond donors (Lipinski definition) is 2. The number of aromatic nitrogens is 1. The van der Waals surface area contributed by atoms with Crippen LogP contribution in [0.5, 0.6) is 0 Å². The molecule has 0 aliphatic carbocycles. The topological polar surface area (TPSA) is 85.8 Å². The second kappa shape index (κ2) is 7.60. The molecule has 0 fully saturated rings. The van der Waals surface area contributed by atoms with Crippen molar-refractivity contribution in [1.82, 2.24) is 4.98 Å². The number of para-hydroxylation sites is 1. The van der Waals surface area contributed by atoms with Gasteiger partial charge in [0.15, 0.2) is 0 Å². The predicted octanol–water partition coefficient (Wildman–Crippen LogP) is 3.00. The molecule has 2 N–H and O–H groups in total. The highest BCUT2D eigenvalue weighted by Crippen LogP contribution is 2.18. The van der Waals surface area contributed by atoms with E-state index in [4.69, 9.17) is 5.26 Å². The van der Waals surface area contributed by atoms with Gasteiger partial charge in [-0.25, -0.2) is 0 Å². The van der Waals surface area contributed by atoms with Crippen molar-refractivity contribution in [3.63, 3.8) is 0 Å². The summed E-state index contributed by atoms with van der Waals surface area (Å²) in [7, 11) is 0. The summed E-state index contributed by atoms with van der Waals surface area (Å²) in [6.45, 7) is 5.58. The van der Waals surface area contributed by atoms with E-state index in [2.05, 4.69) is 10.3 Å². The molecule has 1 amide bonds. The van der Waals surface area contributed by atoms with Gasteiger partial charge in [-0.2, -0.15) is 5.26 Å². The third kappa shape index (κ3) is 3.72. The molecule has 0 aliphatic rings. The fraction of sp³-hybridized carbons (Fsp3) is 0.316. The van der Waals surface area contributed by atoms with Crippen molar-refractivity contribution < 1.29 is 4.79 Å². The number of amides is 1. The normalized spacial score (nSPS) is 10.2. The Kier molecular flexibility index (Phi) is 5.54. The van der Waals surface area contributed by atoms with Crippen molar-refractivity contribution in [3.8, 4) is 6.07 Å². The van der Waals surface area contributed by atoms with Crippen LogP contribution in [0.25, 0.3) is 0 Å². The number of hydrogen-bond acceptors (Lipinski definition) is 3. The Morgan fingerprint density at radius 1 is 1.29 bits per heavy atom. The van der Waals surface area contributed by atoms with E-state index in [0.29, 0.717) is 17.7 Å². The SMILES string of the molecule is CCc1ccccc1NC(=O)CCc1c(C)[nH]c(=O)c(C#N)c1C. The lowest BCUT2D eigenvalue weighted by atomic mass is 9.99. The van der Waals surface area contributed by atoms with E-state index in [9.17, 15) is 9.59 Å². The lowest BCUT2D eigenvalue weighted by Gasteiger charge is -2.12. The Hall–Kier alpha value is -2.87. The predicted molar refractivity (Wildman–Crippen MR) is 94.0 cm³/mol. The maximum absolute atomic E-state index is 12.2. The van der Waals surface area contributed by atoms with Gasteiger partial charge in [0.2, 0.25) is 5.91 Å². The molecule has 2 rings (SSSR count). The van der Waals surface area contributed by atoms with Crippen LogP contribution in [-0.4, -0.2) is 10.9 Å². The Balaban J connectivity index is 2.13. The molecule has 0 unspecified atom stereocenters. The van der Waals surface area contributed by atoms with Crippen molar-refractivity contribution in [2.45, 2.75) is 40.0 Å². The zero-order valence-corrected chi connectivity index (χ0v) is 14.2. The van der Waals surface area contributed by atoms with Gasteiger partial charge in [0.25, 0.3) is 5.56 Å². The summed E-state index contributed by atoms with van der Waals surface area (Å²) in [5, 5.41) is 12.0. The van der Waals surface area contributed by atoms with Crippen LogP contribution in [0, 0.1) is 25.2 Å². The zero-order chi connectivity index (χ0) is 17.7. The van der Waals surface area contributed by atoms with E-state index < -0.39 is 0 Å². The van der Waals surface area contributed by atoms with E-state index in [-0.39, 0.29) is 23.5 Å². The van der Waals surface area contributed by atoms with Gasteiger partial charge in [0, 0.05) is 17.8 Å². The Morgan fingerprint density at radius 3 is 2.67 bits per heavy atom. The largest absolute Gasteiger partial charge is 0.326 e. The van der Waals surface area contributed by atoms with Crippen molar-refractivity contribution >= 4 is 11.6 Å². The van der Waals surface area contributed by atoms with Gasteiger partial charge >= 0.3 is 0 Å². The van der Waals surface area contributed by atoms with Gasteiger partial charge in [0.1, 0.15) is 11.6 Å². The molecule has 1 aromatic heterocycles. The van der Waals surface area contributed by atoms with E-state index >= 15 is 0 Å². The van der Waals surface area contributed by atoms with Gasteiger partial charge in [-0.3, -0.25) is 9.59 Å². The lowest BCUT2D eigenvalue weighted by molar-refractivity contribution is -0.116. The highest BCUT2D eigenvalue weighted by Gasteiger charge is 2.13. The zero-order valence-electron chi connectivity index (χ0n) is 14.2. The minimum atomic E-state index is -0.377. The van der Waals surface area contributed by atoms with Crippen LogP contribution in [0.3, 0.4) is 0 Å². The molecular weight excluding hydrogens is 302 g/mol. The van der Waals surface area contributed by atoms with Crippen molar-refractivity contribution in [1.29, 1.82) is 5.26 Å². The molecular formula is C19H21N3O2. The molecule has 2 aromatic rings. The van der Waals surface area contributed by atoms with E-state index in [1.165, 1.54) is 0 Å². The summed E-state index contributed by atoms with van der Waals surface area (Å²) in [4.78, 5) is 26.7. The summed E-state index contributed by atoms with van der Waals surface area (Å²) in [6, 6.07) is 9.65. The molecule has 5 heteroatoms. The van der Waals surface area contributed by atoms with Crippen LogP contribution in [0.2, 0.25) is 0 Å². The minimum Gasteiger partial charge on any atom is -0.326 e. The molecule has 0 saturated carbocycles. The molecule has 0 bridgehead atoms. The van der Waals surface area contributed by atoms with Gasteiger partial charge in [-0.05, 0) is 49.4 Å². The maximum atomic E-state index is 12.2. The molecule has 0 saturated heterocycles. The third-order valence-electron chi connectivity index (χ3n) is 4.19. The number of carbonyl (C=O) groups excluding carboxylic acids is 1. The van der Waals surface area contributed by atoms with Gasteiger partial charge in [-0.15, -0.1) is 0 Å². The Labute approximate surface area is 141 Å². The number of rotatable bonds is 5. The van der Waals surface area contributed by atoms with Gasteiger partial charge < -0.3 is 10.3 Å². The van der Waals surface area contributed by atoms with Crippen LogP contribution >= 0.6 is 0 Å². The number of aromatic amines is 1. The van der Waals surface area contributed by atoms with Crippen LogP contribution in [0.15, 0.2) is 29.1 Å². The number of nitriles is 1. The number of benzene rings is 1. The van der Waals surface area contributed by atoms with Crippen molar-refractivity contribution in [2.24, 2.45) is 0 Å². The highest BCUT2D eigenvalue weighted by molar-refractivity contribution is 5.91. The molecule has 1 heterocycles. The number of H-pyrrole nitrogens is 1. The quantitative estimate of drug-likeness (QED) is 0.887. The van der Waals surface area contributed by atoms with Crippen molar-refractivity contribution in [3.05, 3.63) is 62.6 Å². The first-order valence-electron chi connectivity index (χ1n) is 7.98. The molecule has 0 atom stereocenters. The molecule has 5 nitrogen and oxygen atoms in total. The average Bonchev–Trinajstić information content (AvgIpc) is 2.55. The Morgan fingerprint density at radius 2 is 2.00 bits per heavy atom. The summed E-state index contributed by atoms with van der Waals surface area (Å²) < 4.78 is 0. The average molecular weight is 323 g/mol. The number of nitrogens with one attached hydrogen (secondary N) is 2. The first kappa shape index (κ1) is 17.5. The second-order valence-corrected chi connectivity index (χ2v) is 5.73. The van der Waals surface area contributed by atoms with E-state index in [1.54, 1.807) is 13.8 Å². The van der Waals surface area contributed by atoms with Crippen LogP contribution < -0.4 is 10.9 Å². The molecule has 0 spiro atoms. The van der Waals surface area contributed by atoms with Crippen LogP contribution in [0.1, 0.15) is 41.3 Å². The number of aryl methyl sites for hydroxylation is 2. The summed E-state index contributed by atoms with van der Waals surface area (Å²) in [5.41, 5.74) is 3.88. The highest BCUT2D eigenvalue weighted by atomic mass is 16.1. The number of nitrogens with zero attached hydrogens (tertiary/aromatic N) is 1. The Bertz CT molecular complexity index is 860. The molecule has 124 valence electrons. The fourth-order valence-corrected chi connectivity index (χ4v) is 2.82. The molecule has 24 heavy (non-hydrogen) atoms. The van der Waals surface area contributed by atoms with Gasteiger partial charge in [-0.1, -0.05) is 25.1 Å². The first-order chi connectivity index (χ1) is 11.5. The van der Waals surface area contributed by atoms with E-state index in [0.717, 1.165) is 23.2 Å². The monoisotopic (exact) mass is 323 g/mol. The summed E-state index contributed by atoms with van der Waals surface area (Å²) >= 11 is 0. The minimum absolute atomic E-state index is 0.0839. The standard InChI is InChI=1S/C19H21N3O2/c1-4-14-7-5-6-8-17(14)22-18(23)10-9-15-12(2)16(11-20)19(24)21-13(15)3/h5-8H,4,9-10H2,1-3H3,(H,21,24)(H,22,23). The molecule has 0 aliphatic heterocycles. The van der Waals surface area contributed by atoms with Crippen LogP contribution in [-0.2, 0) is 17.6 Å². The van der Waals surface area contributed by atoms with Crippen LogP contribution in [0.4, 0.5) is 5.69 Å². The second-order valence-electron chi connectivity index (χ2n) is 5.73. The number of anilines is 1. The third-order valence-corrected chi connectivity index (χ3v) is 4.19. The smallest absolute Gasteiger partial charge is 0.266 e. The number of pyridine rings is 1. The number of carbonyl (C=O) groups is 1. The molecule has 0 radical (unpaired) electrons. The molecule has 1 aromatic carbocycles. The fourth-order valence-electron chi connectivity index (χ4n) is 2.82. The van der Waals surface area contributed by atoms with E-state index in [1.807, 2.05) is 37.3 Å². The van der Waals surface area contributed by atoms with Crippen molar-refractivity contribution in [2.75, 3.05) is 5.32 Å². The maximum Gasteiger partial charge on any atom is 0.266 e. The van der Waals surface area contributed by atoms with Gasteiger partial charge in [0.05, 0.1) is 0 Å². The lowest BCUT2D eigenvalue weighted by Crippen LogP contribution is -2.18. The summed E-state index contributed by atoms with van der Waals surface area (Å²) in [5.74, 6) is -0.0839. The summed E-state index contributed by atoms with van der Waals surface area (Å²) in [6.07, 6.45) is 1.61.